The van der Waals surface area contributed by atoms with Gasteiger partial charge in [-0.1, -0.05) is 12.8 Å². The van der Waals surface area contributed by atoms with Crippen LogP contribution in [0.2, 0.25) is 0 Å². The highest BCUT2D eigenvalue weighted by Crippen LogP contribution is 2.40. The van der Waals surface area contributed by atoms with Crippen LogP contribution in [0.4, 0.5) is 0 Å². The molecule has 0 aromatic heterocycles. The predicted octanol–water partition coefficient (Wildman–Crippen LogP) is 2.82. The predicted molar refractivity (Wildman–Crippen MR) is 42.9 cm³/mol. The zero-order valence-electron chi connectivity index (χ0n) is 5.81. The van der Waals surface area contributed by atoms with E-state index in [9.17, 15) is 0 Å². The van der Waals surface area contributed by atoms with Gasteiger partial charge in [-0.2, -0.15) is 11.8 Å². The van der Waals surface area contributed by atoms with Gasteiger partial charge in [-0.05, 0) is 25.7 Å². The van der Waals surface area contributed by atoms with Crippen LogP contribution in [0.25, 0.3) is 0 Å². The smallest absolute Gasteiger partial charge is 0.00498 e. The normalized spacial score (nSPS) is 29.3. The van der Waals surface area contributed by atoms with Gasteiger partial charge in [-0.3, -0.25) is 0 Å². The van der Waals surface area contributed by atoms with Crippen LogP contribution in [-0.4, -0.2) is 10.5 Å². The van der Waals surface area contributed by atoms with E-state index in [0.717, 1.165) is 10.5 Å². The molecule has 2 fully saturated rings. The number of thioether (sulfide) groups is 1. The molecule has 0 aliphatic heterocycles. The van der Waals surface area contributed by atoms with Crippen LogP contribution in [0.3, 0.4) is 0 Å². The highest BCUT2D eigenvalue weighted by atomic mass is 32.2. The molecule has 0 radical (unpaired) electrons. The van der Waals surface area contributed by atoms with Gasteiger partial charge in [0.1, 0.15) is 0 Å². The second kappa shape index (κ2) is 2.53. The third-order valence-electron chi connectivity index (χ3n) is 2.49. The van der Waals surface area contributed by atoms with Crippen molar-refractivity contribution in [1.82, 2.24) is 0 Å². The zero-order chi connectivity index (χ0) is 6.10. The molecular weight excluding hydrogens is 128 g/mol. The second-order valence-corrected chi connectivity index (χ2v) is 4.85. The van der Waals surface area contributed by atoms with Gasteiger partial charge in [0.05, 0.1) is 0 Å². The number of hydrogen-bond acceptors (Lipinski definition) is 1. The summed E-state index contributed by atoms with van der Waals surface area (Å²) in [5, 5.41) is 2.16. The Balaban J connectivity index is 1.64. The van der Waals surface area contributed by atoms with E-state index in [-0.39, 0.29) is 0 Å². The van der Waals surface area contributed by atoms with E-state index in [1.165, 1.54) is 38.5 Å². The molecule has 0 N–H and O–H groups in total. The second-order valence-electron chi connectivity index (χ2n) is 3.24. The Kier molecular flexibility index (Phi) is 1.71. The van der Waals surface area contributed by atoms with Gasteiger partial charge in [0, 0.05) is 10.5 Å². The van der Waals surface area contributed by atoms with E-state index in [2.05, 4.69) is 11.8 Å². The Morgan fingerprint density at radius 1 is 0.778 bits per heavy atom. The molecule has 9 heavy (non-hydrogen) atoms. The minimum absolute atomic E-state index is 1.08. The van der Waals surface area contributed by atoms with Crippen molar-refractivity contribution in [2.75, 3.05) is 0 Å². The van der Waals surface area contributed by atoms with Crippen molar-refractivity contribution in [3.63, 3.8) is 0 Å². The lowest BCUT2D eigenvalue weighted by molar-refractivity contribution is 0.490. The van der Waals surface area contributed by atoms with E-state index in [4.69, 9.17) is 0 Å². The van der Waals surface area contributed by atoms with Crippen LogP contribution in [0.5, 0.6) is 0 Å². The van der Waals surface area contributed by atoms with Crippen molar-refractivity contribution in [1.29, 1.82) is 0 Å². The highest BCUT2D eigenvalue weighted by molar-refractivity contribution is 8.00. The Morgan fingerprint density at radius 2 is 1.22 bits per heavy atom. The first-order valence-corrected chi connectivity index (χ1v) is 5.05. The molecule has 52 valence electrons. The summed E-state index contributed by atoms with van der Waals surface area (Å²) < 4.78 is 0. The lowest BCUT2D eigenvalue weighted by Gasteiger charge is -2.33. The third kappa shape index (κ3) is 1.26. The highest BCUT2D eigenvalue weighted by Gasteiger charge is 2.25. The fourth-order valence-corrected chi connectivity index (χ4v) is 3.04. The molecule has 1 heteroatoms. The van der Waals surface area contributed by atoms with Crippen molar-refractivity contribution in [3.05, 3.63) is 0 Å². The van der Waals surface area contributed by atoms with Gasteiger partial charge in [-0.25, -0.2) is 0 Å². The Bertz CT molecular complexity index is 80.7. The summed E-state index contributed by atoms with van der Waals surface area (Å²) in [5.41, 5.74) is 0. The molecule has 2 aliphatic carbocycles. The fraction of sp³-hybridized carbons (Fsp3) is 1.00. The standard InChI is InChI=1S/C8H14S/c1-3-7(4-1)9-8-5-2-6-8/h7-8H,1-6H2. The minimum atomic E-state index is 1.08. The molecule has 0 aromatic carbocycles. The molecule has 0 saturated heterocycles. The summed E-state index contributed by atoms with van der Waals surface area (Å²) in [6.45, 7) is 0. The molecule has 0 spiro atoms. The molecule has 2 aliphatic rings. The van der Waals surface area contributed by atoms with Gasteiger partial charge in [0.2, 0.25) is 0 Å². The number of hydrogen-bond donors (Lipinski definition) is 0. The maximum atomic E-state index is 2.27. The molecule has 0 heterocycles. The SMILES string of the molecule is C1CC(SC2CCC2)C1. The van der Waals surface area contributed by atoms with Gasteiger partial charge < -0.3 is 0 Å². The molecule has 0 nitrogen and oxygen atoms in total. The quantitative estimate of drug-likeness (QED) is 0.571. The first-order chi connectivity index (χ1) is 4.45. The molecule has 0 unspecified atom stereocenters. The molecule has 2 rings (SSSR count). The van der Waals surface area contributed by atoms with Gasteiger partial charge in [0.15, 0.2) is 0 Å². The average Bonchev–Trinajstić information content (AvgIpc) is 1.57. The maximum absolute atomic E-state index is 2.27. The fourth-order valence-electron chi connectivity index (χ4n) is 1.29. The van der Waals surface area contributed by atoms with Gasteiger partial charge >= 0.3 is 0 Å². The summed E-state index contributed by atoms with van der Waals surface area (Å²) in [4.78, 5) is 0. The van der Waals surface area contributed by atoms with Crippen LogP contribution >= 0.6 is 11.8 Å². The van der Waals surface area contributed by atoms with Crippen LogP contribution in [0, 0.1) is 0 Å². The van der Waals surface area contributed by atoms with Crippen LogP contribution in [0.15, 0.2) is 0 Å². The molecule has 2 saturated carbocycles. The van der Waals surface area contributed by atoms with Gasteiger partial charge in [0.25, 0.3) is 0 Å². The summed E-state index contributed by atoms with van der Waals surface area (Å²) in [5.74, 6) is 0. The lowest BCUT2D eigenvalue weighted by atomic mass is 9.99. The molecule has 0 atom stereocenters. The first kappa shape index (κ1) is 6.09. The van der Waals surface area contributed by atoms with Crippen molar-refractivity contribution in [2.45, 2.75) is 49.0 Å². The molecular formula is C8H14S. The van der Waals surface area contributed by atoms with Crippen molar-refractivity contribution < 1.29 is 0 Å². The molecule has 0 aromatic rings. The first-order valence-electron chi connectivity index (χ1n) is 4.10. The minimum Gasteiger partial charge on any atom is -0.155 e. The monoisotopic (exact) mass is 142 g/mol. The largest absolute Gasteiger partial charge is 0.155 e. The zero-order valence-corrected chi connectivity index (χ0v) is 6.62. The topological polar surface area (TPSA) is 0 Å². The molecule has 0 amide bonds. The summed E-state index contributed by atoms with van der Waals surface area (Å²) in [6, 6.07) is 0. The number of rotatable bonds is 2. The van der Waals surface area contributed by atoms with Crippen molar-refractivity contribution in [3.8, 4) is 0 Å². The van der Waals surface area contributed by atoms with Crippen LogP contribution < -0.4 is 0 Å². The van der Waals surface area contributed by atoms with Crippen molar-refractivity contribution >= 4 is 11.8 Å². The van der Waals surface area contributed by atoms with E-state index in [0.29, 0.717) is 0 Å². The van der Waals surface area contributed by atoms with E-state index >= 15 is 0 Å². The average molecular weight is 142 g/mol. The van der Waals surface area contributed by atoms with E-state index < -0.39 is 0 Å². The Labute approximate surface area is 61.4 Å². The summed E-state index contributed by atoms with van der Waals surface area (Å²) in [7, 11) is 0. The van der Waals surface area contributed by atoms with Crippen LogP contribution in [0.1, 0.15) is 38.5 Å². The van der Waals surface area contributed by atoms with Crippen LogP contribution in [-0.2, 0) is 0 Å². The van der Waals surface area contributed by atoms with Gasteiger partial charge in [-0.15, -0.1) is 0 Å². The maximum Gasteiger partial charge on any atom is 0.00498 e. The Morgan fingerprint density at radius 3 is 1.44 bits per heavy atom. The summed E-state index contributed by atoms with van der Waals surface area (Å²) in [6.07, 6.45) is 9.07. The van der Waals surface area contributed by atoms with E-state index in [1.54, 1.807) is 0 Å². The molecule has 0 bridgehead atoms. The van der Waals surface area contributed by atoms with E-state index in [1.807, 2.05) is 0 Å². The summed E-state index contributed by atoms with van der Waals surface area (Å²) >= 11 is 2.27. The Hall–Kier alpha value is 0.350. The lowest BCUT2D eigenvalue weighted by Crippen LogP contribution is -2.22. The third-order valence-corrected chi connectivity index (χ3v) is 4.20. The van der Waals surface area contributed by atoms with Crippen molar-refractivity contribution in [2.24, 2.45) is 0 Å².